The molecule has 2 aromatic heterocycles. The highest BCUT2D eigenvalue weighted by molar-refractivity contribution is 6.32. The molecule has 0 unspecified atom stereocenters. The van der Waals surface area contributed by atoms with Gasteiger partial charge in [-0.15, -0.1) is 0 Å². The van der Waals surface area contributed by atoms with E-state index >= 15 is 0 Å². The van der Waals surface area contributed by atoms with Crippen LogP contribution in [-0.2, 0) is 6.54 Å². The third-order valence-electron chi connectivity index (χ3n) is 3.48. The number of nitrogens with one attached hydrogen (secondary N) is 2. The summed E-state index contributed by atoms with van der Waals surface area (Å²) in [6.45, 7) is 0.374. The van der Waals surface area contributed by atoms with E-state index < -0.39 is 0 Å². The predicted molar refractivity (Wildman–Crippen MR) is 98.7 cm³/mol. The van der Waals surface area contributed by atoms with Gasteiger partial charge in [0, 0.05) is 24.6 Å². The lowest BCUT2D eigenvalue weighted by molar-refractivity contribution is 0.0945. The fourth-order valence-electron chi connectivity index (χ4n) is 2.18. The number of aromatic nitrogens is 3. The average molecular weight is 370 g/mol. The molecular formula is C18H16ClN5O2. The van der Waals surface area contributed by atoms with E-state index in [-0.39, 0.29) is 11.6 Å². The van der Waals surface area contributed by atoms with Crippen LogP contribution in [0.5, 0.6) is 5.75 Å². The van der Waals surface area contributed by atoms with Crippen molar-refractivity contribution in [1.29, 1.82) is 0 Å². The van der Waals surface area contributed by atoms with Crippen molar-refractivity contribution in [3.8, 4) is 5.75 Å². The Bertz CT molecular complexity index is 888. The van der Waals surface area contributed by atoms with Crippen molar-refractivity contribution in [2.75, 3.05) is 12.4 Å². The zero-order valence-electron chi connectivity index (χ0n) is 13.9. The van der Waals surface area contributed by atoms with Crippen molar-refractivity contribution < 1.29 is 9.53 Å². The van der Waals surface area contributed by atoms with Crippen LogP contribution in [0.2, 0.25) is 5.02 Å². The first kappa shape index (κ1) is 17.6. The number of hydrogen-bond acceptors (Lipinski definition) is 6. The van der Waals surface area contributed by atoms with Gasteiger partial charge in [-0.3, -0.25) is 9.78 Å². The second-order valence-corrected chi connectivity index (χ2v) is 5.71. The van der Waals surface area contributed by atoms with Gasteiger partial charge in [0.25, 0.3) is 5.91 Å². The van der Waals surface area contributed by atoms with Crippen LogP contribution < -0.4 is 15.4 Å². The number of hydrogen-bond donors (Lipinski definition) is 2. The molecule has 3 rings (SSSR count). The summed E-state index contributed by atoms with van der Waals surface area (Å²) in [6, 6.07) is 8.97. The van der Waals surface area contributed by atoms with Crippen LogP contribution in [0.3, 0.4) is 0 Å². The average Bonchev–Trinajstić information content (AvgIpc) is 2.68. The number of anilines is 2. The van der Waals surface area contributed by atoms with E-state index in [0.29, 0.717) is 23.1 Å². The van der Waals surface area contributed by atoms with Crippen molar-refractivity contribution in [2.45, 2.75) is 6.54 Å². The lowest BCUT2D eigenvalue weighted by Gasteiger charge is -2.09. The summed E-state index contributed by atoms with van der Waals surface area (Å²) in [4.78, 5) is 24.5. The minimum Gasteiger partial charge on any atom is -0.495 e. The highest BCUT2D eigenvalue weighted by atomic mass is 35.5. The van der Waals surface area contributed by atoms with Gasteiger partial charge in [0.05, 0.1) is 24.5 Å². The number of rotatable bonds is 6. The van der Waals surface area contributed by atoms with E-state index in [1.807, 2.05) is 12.1 Å². The molecule has 0 aliphatic carbocycles. The maximum Gasteiger partial charge on any atom is 0.271 e. The maximum atomic E-state index is 12.1. The number of pyridine rings is 1. The first-order valence-corrected chi connectivity index (χ1v) is 8.13. The molecule has 7 nitrogen and oxygen atoms in total. The topological polar surface area (TPSA) is 89.0 Å². The van der Waals surface area contributed by atoms with Crippen LogP contribution in [0.15, 0.2) is 55.1 Å². The highest BCUT2D eigenvalue weighted by Gasteiger charge is 2.08. The van der Waals surface area contributed by atoms with Crippen molar-refractivity contribution in [2.24, 2.45) is 0 Å². The first-order valence-electron chi connectivity index (χ1n) is 7.75. The van der Waals surface area contributed by atoms with Gasteiger partial charge >= 0.3 is 0 Å². The van der Waals surface area contributed by atoms with Gasteiger partial charge in [0.2, 0.25) is 0 Å². The van der Waals surface area contributed by atoms with Crippen molar-refractivity contribution in [1.82, 2.24) is 20.3 Å². The third kappa shape index (κ3) is 4.46. The van der Waals surface area contributed by atoms with Gasteiger partial charge in [-0.2, -0.15) is 0 Å². The molecule has 0 saturated carbocycles. The number of nitrogens with zero attached hydrogens (tertiary/aromatic N) is 3. The highest BCUT2D eigenvalue weighted by Crippen LogP contribution is 2.28. The summed E-state index contributed by atoms with van der Waals surface area (Å²) in [7, 11) is 1.55. The van der Waals surface area contributed by atoms with Gasteiger partial charge in [-0.25, -0.2) is 9.97 Å². The SMILES string of the molecule is COc1ccc(Nc2cnc(C(=O)NCc3cccnc3)cn2)cc1Cl. The Labute approximate surface area is 155 Å². The number of ether oxygens (including phenoxy) is 1. The molecule has 8 heteroatoms. The second-order valence-electron chi connectivity index (χ2n) is 5.31. The molecule has 26 heavy (non-hydrogen) atoms. The molecule has 0 radical (unpaired) electrons. The normalized spacial score (nSPS) is 10.2. The number of carbonyl (C=O) groups excluding carboxylic acids is 1. The zero-order valence-corrected chi connectivity index (χ0v) is 14.7. The van der Waals surface area contributed by atoms with Crippen molar-refractivity contribution in [3.05, 3.63) is 71.4 Å². The monoisotopic (exact) mass is 369 g/mol. The smallest absolute Gasteiger partial charge is 0.271 e. The second kappa shape index (κ2) is 8.26. The number of benzene rings is 1. The Morgan fingerprint density at radius 1 is 1.19 bits per heavy atom. The van der Waals surface area contributed by atoms with Gasteiger partial charge in [0.15, 0.2) is 0 Å². The fraction of sp³-hybridized carbons (Fsp3) is 0.111. The zero-order chi connectivity index (χ0) is 18.4. The Balaban J connectivity index is 1.61. The molecule has 1 amide bonds. The minimum absolute atomic E-state index is 0.229. The van der Waals surface area contributed by atoms with Crippen LogP contribution in [0.25, 0.3) is 0 Å². The summed E-state index contributed by atoms with van der Waals surface area (Å²) in [6.07, 6.45) is 6.26. The molecule has 0 aliphatic heterocycles. The van der Waals surface area contributed by atoms with Crippen LogP contribution in [0, 0.1) is 0 Å². The fourth-order valence-corrected chi connectivity index (χ4v) is 2.44. The molecule has 0 saturated heterocycles. The standard InChI is InChI=1S/C18H16ClN5O2/c1-26-16-5-4-13(7-14(16)19)24-17-11-21-15(10-22-17)18(25)23-9-12-3-2-6-20-8-12/h2-8,10-11H,9H2,1H3,(H,22,24)(H,23,25). The number of methoxy groups -OCH3 is 1. The molecule has 0 bridgehead atoms. The summed E-state index contributed by atoms with van der Waals surface area (Å²) < 4.78 is 5.11. The van der Waals surface area contributed by atoms with Crippen molar-refractivity contribution in [3.63, 3.8) is 0 Å². The molecule has 1 aromatic carbocycles. The summed E-state index contributed by atoms with van der Waals surface area (Å²) in [5, 5.41) is 6.32. The molecule has 0 aliphatic rings. The van der Waals surface area contributed by atoms with Gasteiger partial charge in [0.1, 0.15) is 17.3 Å². The Hall–Kier alpha value is -3.19. The quantitative estimate of drug-likeness (QED) is 0.693. The molecule has 2 N–H and O–H groups in total. The predicted octanol–water partition coefficient (Wildman–Crippen LogP) is 3.21. The molecule has 2 heterocycles. The van der Waals surface area contributed by atoms with Crippen LogP contribution >= 0.6 is 11.6 Å². The minimum atomic E-state index is -0.305. The number of halogens is 1. The number of amides is 1. The lowest BCUT2D eigenvalue weighted by Crippen LogP contribution is -2.24. The molecular weight excluding hydrogens is 354 g/mol. The number of carbonyl (C=O) groups is 1. The molecule has 132 valence electrons. The summed E-state index contributed by atoms with van der Waals surface area (Å²) in [5.41, 5.74) is 1.87. The molecule has 0 fully saturated rings. The van der Waals surface area contributed by atoms with Gasteiger partial charge < -0.3 is 15.4 Å². The van der Waals surface area contributed by atoms with E-state index in [9.17, 15) is 4.79 Å². The van der Waals surface area contributed by atoms with Crippen molar-refractivity contribution >= 4 is 29.0 Å². The van der Waals surface area contributed by atoms with Crippen LogP contribution in [-0.4, -0.2) is 28.0 Å². The van der Waals surface area contributed by atoms with Gasteiger partial charge in [-0.1, -0.05) is 17.7 Å². The van der Waals surface area contributed by atoms with Crippen LogP contribution in [0.1, 0.15) is 16.1 Å². The Kier molecular flexibility index (Phi) is 5.60. The molecule has 3 aromatic rings. The van der Waals surface area contributed by atoms with E-state index in [2.05, 4.69) is 25.6 Å². The summed E-state index contributed by atoms with van der Waals surface area (Å²) in [5.74, 6) is 0.777. The van der Waals surface area contributed by atoms with E-state index in [4.69, 9.17) is 16.3 Å². The third-order valence-corrected chi connectivity index (χ3v) is 3.78. The largest absolute Gasteiger partial charge is 0.495 e. The molecule has 0 atom stereocenters. The van der Waals surface area contributed by atoms with E-state index in [1.165, 1.54) is 12.4 Å². The van der Waals surface area contributed by atoms with Crippen LogP contribution in [0.4, 0.5) is 11.5 Å². The maximum absolute atomic E-state index is 12.1. The van der Waals surface area contributed by atoms with E-state index in [1.54, 1.807) is 37.7 Å². The Morgan fingerprint density at radius 3 is 2.73 bits per heavy atom. The van der Waals surface area contributed by atoms with E-state index in [0.717, 1.165) is 11.3 Å². The van der Waals surface area contributed by atoms with Gasteiger partial charge in [-0.05, 0) is 29.8 Å². The summed E-state index contributed by atoms with van der Waals surface area (Å²) >= 11 is 6.09. The first-order chi connectivity index (χ1) is 12.7. The Morgan fingerprint density at radius 2 is 2.08 bits per heavy atom. The molecule has 0 spiro atoms. The lowest BCUT2D eigenvalue weighted by atomic mass is 10.3.